The Bertz CT molecular complexity index is 559. The van der Waals surface area contributed by atoms with Gasteiger partial charge >= 0.3 is 47.3 Å². The molecule has 0 aromatic heterocycles. The summed E-state index contributed by atoms with van der Waals surface area (Å²) in [5, 5.41) is 0. The minimum absolute atomic E-state index is 0.549. The Morgan fingerprint density at radius 1 is 0.429 bits per heavy atom. The summed E-state index contributed by atoms with van der Waals surface area (Å²) in [4.78, 5) is 0. The Morgan fingerprint density at radius 2 is 0.786 bits per heavy atom. The molecule has 0 aromatic carbocycles. The average molecular weight is 531 g/mol. The van der Waals surface area contributed by atoms with E-state index in [0.717, 1.165) is 0 Å². The topological polar surface area (TPSA) is 18.5 Å². The number of hydrogen-bond donors (Lipinski definition) is 0. The molecule has 2 unspecified atom stereocenters. The molecule has 0 aromatic rings. The van der Waals surface area contributed by atoms with Gasteiger partial charge in [-0.05, 0) is 15.9 Å². The highest BCUT2D eigenvalue weighted by molar-refractivity contribution is 9.10. The van der Waals surface area contributed by atoms with E-state index in [1.54, 1.807) is 4.74 Å². The maximum Gasteiger partial charge on any atom is 0.462 e. The van der Waals surface area contributed by atoms with Crippen LogP contribution in [0.1, 0.15) is 0 Å². The van der Waals surface area contributed by atoms with E-state index in [1.165, 1.54) is 4.74 Å². The van der Waals surface area contributed by atoms with Crippen molar-refractivity contribution in [2.75, 3.05) is 0 Å². The van der Waals surface area contributed by atoms with Crippen molar-refractivity contribution >= 4 is 15.9 Å². The van der Waals surface area contributed by atoms with Crippen molar-refractivity contribution < 1.29 is 84.1 Å². The molecule has 0 spiro atoms. The van der Waals surface area contributed by atoms with Crippen LogP contribution in [0.15, 0.2) is 0 Å². The molecule has 0 saturated carbocycles. The highest BCUT2D eigenvalue weighted by atomic mass is 79.9. The molecule has 0 fully saturated rings. The van der Waals surface area contributed by atoms with E-state index in [0.29, 0.717) is 15.9 Å². The van der Waals surface area contributed by atoms with Crippen LogP contribution in [0.25, 0.3) is 0 Å². The molecular weight excluding hydrogens is 531 g/mol. The Kier molecular flexibility index (Phi) is 6.68. The van der Waals surface area contributed by atoms with E-state index in [2.05, 4.69) is 0 Å². The summed E-state index contributed by atoms with van der Waals surface area (Å²) in [6.07, 6.45) is -37.5. The summed E-state index contributed by atoms with van der Waals surface area (Å²) in [5.41, 5.74) is 0. The molecule has 0 aliphatic heterocycles. The average Bonchev–Trinajstić information content (AvgIpc) is 2.31. The Labute approximate surface area is 148 Å². The van der Waals surface area contributed by atoms with Crippen molar-refractivity contribution in [2.45, 2.75) is 47.3 Å². The van der Waals surface area contributed by atoms with Crippen LogP contribution in [-0.4, -0.2) is 47.3 Å². The second-order valence-corrected chi connectivity index (χ2v) is 5.44. The first-order valence-electron chi connectivity index (χ1n) is 5.47. The molecule has 0 heterocycles. The lowest BCUT2D eigenvalue weighted by molar-refractivity contribution is -0.545. The maximum atomic E-state index is 13.5. The molecule has 0 N–H and O–H groups in total. The normalized spacial score (nSPS) is 19.9. The molecule has 0 aliphatic carbocycles. The number of hydrogen-bond acceptors (Lipinski definition) is 2. The standard InChI is InChI=1S/C8BrF17O2/c9-3(13,6(20,21)22)28-8(25,26)2(12,5(17,18)19)27-7(23,24)1(10,11)4(14,15)16. The van der Waals surface area contributed by atoms with E-state index in [1.807, 2.05) is 0 Å². The van der Waals surface area contributed by atoms with Gasteiger partial charge in [0, 0.05) is 0 Å². The second-order valence-electron chi connectivity index (χ2n) is 4.42. The van der Waals surface area contributed by atoms with Crippen molar-refractivity contribution in [1.82, 2.24) is 0 Å². The molecule has 170 valence electrons. The quantitative estimate of drug-likeness (QED) is 0.300. The first kappa shape index (κ1) is 27.2. The van der Waals surface area contributed by atoms with E-state index in [9.17, 15) is 74.6 Å². The predicted octanol–water partition coefficient (Wildman–Crippen LogP) is 6.21. The fourth-order valence-corrected chi connectivity index (χ4v) is 1.18. The van der Waals surface area contributed by atoms with Crippen molar-refractivity contribution in [2.24, 2.45) is 0 Å². The van der Waals surface area contributed by atoms with Crippen LogP contribution in [-0.2, 0) is 9.47 Å². The summed E-state index contributed by atoms with van der Waals surface area (Å²) in [7, 11) is 0. The fourth-order valence-electron chi connectivity index (χ4n) is 0.972. The summed E-state index contributed by atoms with van der Waals surface area (Å²) >= 11 is 0.549. The van der Waals surface area contributed by atoms with Gasteiger partial charge in [-0.25, -0.2) is 0 Å². The summed E-state index contributed by atoms with van der Waals surface area (Å²) in [6.45, 7) is 0. The molecule has 0 radical (unpaired) electrons. The van der Waals surface area contributed by atoms with Gasteiger partial charge < -0.3 is 0 Å². The molecule has 0 aliphatic rings. The van der Waals surface area contributed by atoms with Gasteiger partial charge in [0.25, 0.3) is 0 Å². The van der Waals surface area contributed by atoms with Gasteiger partial charge in [0.15, 0.2) is 0 Å². The lowest BCUT2D eigenvalue weighted by atomic mass is 10.2. The van der Waals surface area contributed by atoms with Crippen LogP contribution in [0.3, 0.4) is 0 Å². The fraction of sp³-hybridized carbons (Fsp3) is 1.00. The molecule has 0 bridgehead atoms. The van der Waals surface area contributed by atoms with E-state index < -0.39 is 47.3 Å². The molecule has 0 amide bonds. The largest absolute Gasteiger partial charge is 0.462 e. The number of ether oxygens (including phenoxy) is 2. The van der Waals surface area contributed by atoms with Gasteiger partial charge in [0.2, 0.25) is 0 Å². The monoisotopic (exact) mass is 530 g/mol. The van der Waals surface area contributed by atoms with Gasteiger partial charge in [0.05, 0.1) is 0 Å². The number of halogens is 18. The minimum Gasteiger partial charge on any atom is -0.262 e. The third-order valence-corrected chi connectivity index (χ3v) is 2.93. The van der Waals surface area contributed by atoms with Gasteiger partial charge in [-0.1, -0.05) is 0 Å². The molecule has 0 saturated heterocycles. The van der Waals surface area contributed by atoms with Gasteiger partial charge in [0.1, 0.15) is 0 Å². The van der Waals surface area contributed by atoms with Gasteiger partial charge in [-0.15, -0.1) is 0 Å². The molecule has 2 nitrogen and oxygen atoms in total. The Morgan fingerprint density at radius 3 is 1.04 bits per heavy atom. The lowest BCUT2D eigenvalue weighted by Crippen LogP contribution is -2.66. The van der Waals surface area contributed by atoms with Crippen molar-refractivity contribution in [3.05, 3.63) is 0 Å². The van der Waals surface area contributed by atoms with Crippen LogP contribution in [0.4, 0.5) is 74.6 Å². The second kappa shape index (κ2) is 6.88. The smallest absolute Gasteiger partial charge is 0.262 e. The zero-order chi connectivity index (χ0) is 23.4. The Balaban J connectivity index is 6.38. The molecule has 0 rings (SSSR count). The van der Waals surface area contributed by atoms with E-state index in [4.69, 9.17) is 0 Å². The zero-order valence-corrected chi connectivity index (χ0v) is 13.2. The van der Waals surface area contributed by atoms with Crippen LogP contribution >= 0.6 is 15.9 Å². The van der Waals surface area contributed by atoms with Crippen molar-refractivity contribution in [3.8, 4) is 0 Å². The highest BCUT2D eigenvalue weighted by Crippen LogP contribution is 2.57. The zero-order valence-electron chi connectivity index (χ0n) is 11.6. The van der Waals surface area contributed by atoms with E-state index >= 15 is 0 Å². The number of rotatable bonds is 6. The maximum absolute atomic E-state index is 13.5. The first-order chi connectivity index (χ1) is 11.7. The minimum atomic E-state index is -7.84. The van der Waals surface area contributed by atoms with E-state index in [-0.39, 0.29) is 0 Å². The summed E-state index contributed by atoms with van der Waals surface area (Å²) < 4.78 is 208. The van der Waals surface area contributed by atoms with Crippen LogP contribution in [0.2, 0.25) is 0 Å². The van der Waals surface area contributed by atoms with Gasteiger partial charge in [-0.2, -0.15) is 74.6 Å². The molecule has 2 atom stereocenters. The number of alkyl halides is 18. The molecular formula is C8BrF17O2. The van der Waals surface area contributed by atoms with Crippen molar-refractivity contribution in [1.29, 1.82) is 0 Å². The SMILES string of the molecule is FC(F)(F)C(F)(Br)OC(F)(F)C(F)(OC(F)(F)C(F)(F)C(F)(F)F)C(F)(F)F. The molecule has 20 heteroatoms. The molecule has 28 heavy (non-hydrogen) atoms. The summed E-state index contributed by atoms with van der Waals surface area (Å²) in [5.74, 6) is -15.6. The lowest BCUT2D eigenvalue weighted by Gasteiger charge is -2.39. The van der Waals surface area contributed by atoms with Crippen LogP contribution < -0.4 is 0 Å². The Hall–Kier alpha value is -0.790. The highest BCUT2D eigenvalue weighted by Gasteiger charge is 2.84. The third kappa shape index (κ3) is 4.68. The van der Waals surface area contributed by atoms with Crippen LogP contribution in [0, 0.1) is 0 Å². The first-order valence-corrected chi connectivity index (χ1v) is 6.26. The summed E-state index contributed by atoms with van der Waals surface area (Å²) in [6, 6.07) is 0. The van der Waals surface area contributed by atoms with Gasteiger partial charge in [-0.3, -0.25) is 9.47 Å². The van der Waals surface area contributed by atoms with Crippen LogP contribution in [0.5, 0.6) is 0 Å². The third-order valence-electron chi connectivity index (χ3n) is 2.32. The predicted molar refractivity (Wildman–Crippen MR) is 51.8 cm³/mol. The van der Waals surface area contributed by atoms with Crippen molar-refractivity contribution in [3.63, 3.8) is 0 Å².